The van der Waals surface area contributed by atoms with Gasteiger partial charge in [-0.15, -0.1) is 0 Å². The van der Waals surface area contributed by atoms with E-state index in [-0.39, 0.29) is 0 Å². The zero-order valence-electron chi connectivity index (χ0n) is 15.8. The molecular weight excluding hydrogens is 358 g/mol. The van der Waals surface area contributed by atoms with Gasteiger partial charge in [-0.25, -0.2) is 4.68 Å². The highest BCUT2D eigenvalue weighted by molar-refractivity contribution is 6.31. The van der Waals surface area contributed by atoms with Gasteiger partial charge >= 0.3 is 0 Å². The number of halogens is 1. The van der Waals surface area contributed by atoms with Crippen molar-refractivity contribution in [1.29, 1.82) is 0 Å². The fraction of sp³-hybridized carbons (Fsp3) is 0.318. The van der Waals surface area contributed by atoms with Gasteiger partial charge in [0.2, 0.25) is 0 Å². The van der Waals surface area contributed by atoms with Crippen molar-refractivity contribution in [2.45, 2.75) is 32.6 Å². The second-order valence-electron chi connectivity index (χ2n) is 6.98. The highest BCUT2D eigenvalue weighted by Gasteiger charge is 2.22. The Kier molecular flexibility index (Phi) is 5.08. The van der Waals surface area contributed by atoms with E-state index >= 15 is 0 Å². The topological polar surface area (TPSA) is 39.1 Å². The summed E-state index contributed by atoms with van der Waals surface area (Å²) in [6.45, 7) is 3.01. The highest BCUT2D eigenvalue weighted by Crippen LogP contribution is 2.32. The van der Waals surface area contributed by atoms with Gasteiger partial charge < -0.3 is 10.1 Å². The van der Waals surface area contributed by atoms with E-state index in [1.54, 1.807) is 7.11 Å². The van der Waals surface area contributed by atoms with Crippen LogP contribution in [0.5, 0.6) is 5.75 Å². The molecule has 0 bridgehead atoms. The number of benzene rings is 2. The second kappa shape index (κ2) is 7.65. The molecule has 0 radical (unpaired) electrons. The highest BCUT2D eigenvalue weighted by atomic mass is 35.5. The van der Waals surface area contributed by atoms with E-state index in [1.807, 2.05) is 35.9 Å². The van der Waals surface area contributed by atoms with Crippen molar-refractivity contribution >= 4 is 17.4 Å². The van der Waals surface area contributed by atoms with Gasteiger partial charge in [-0.05, 0) is 61.6 Å². The van der Waals surface area contributed by atoms with Gasteiger partial charge in [0, 0.05) is 23.6 Å². The Labute approximate surface area is 165 Å². The molecular formula is C22H24ClN3O. The number of methoxy groups -OCH3 is 1. The van der Waals surface area contributed by atoms with Gasteiger partial charge in [-0.3, -0.25) is 0 Å². The van der Waals surface area contributed by atoms with Gasteiger partial charge in [-0.2, -0.15) is 5.10 Å². The summed E-state index contributed by atoms with van der Waals surface area (Å²) in [4.78, 5) is 0. The number of rotatable bonds is 4. The zero-order valence-corrected chi connectivity index (χ0v) is 16.5. The molecule has 27 heavy (non-hydrogen) atoms. The van der Waals surface area contributed by atoms with Crippen LogP contribution in [-0.4, -0.2) is 23.4 Å². The maximum absolute atomic E-state index is 6.37. The molecule has 1 N–H and O–H groups in total. The molecule has 2 heterocycles. The van der Waals surface area contributed by atoms with Crippen molar-refractivity contribution in [1.82, 2.24) is 9.78 Å². The van der Waals surface area contributed by atoms with Crippen LogP contribution in [0.4, 0.5) is 5.82 Å². The van der Waals surface area contributed by atoms with Gasteiger partial charge in [0.15, 0.2) is 0 Å². The first-order chi connectivity index (χ1) is 13.2. The van der Waals surface area contributed by atoms with E-state index in [1.165, 1.54) is 24.0 Å². The van der Waals surface area contributed by atoms with Crippen LogP contribution in [-0.2, 0) is 12.8 Å². The standard InChI is InChI=1S/C22H24ClN3O/c1-15-19(23)10-6-11-21(15)26-22-18(9-3-4-12-24-22)20(25-26)14-16-7-5-8-17(13-16)27-2/h5-8,10-11,13,24H,3-4,9,12,14H2,1-2H3. The number of nitrogens with zero attached hydrogens (tertiary/aromatic N) is 2. The van der Waals surface area contributed by atoms with Gasteiger partial charge in [0.25, 0.3) is 0 Å². The van der Waals surface area contributed by atoms with Gasteiger partial charge in [0.05, 0.1) is 18.5 Å². The average molecular weight is 382 g/mol. The largest absolute Gasteiger partial charge is 0.497 e. The minimum atomic E-state index is 0.764. The Morgan fingerprint density at radius 3 is 2.89 bits per heavy atom. The zero-order chi connectivity index (χ0) is 18.8. The molecule has 0 saturated heterocycles. The van der Waals surface area contributed by atoms with Crippen molar-refractivity contribution in [3.8, 4) is 11.4 Å². The molecule has 5 heteroatoms. The lowest BCUT2D eigenvalue weighted by Crippen LogP contribution is -2.08. The predicted octanol–water partition coefficient (Wildman–Crippen LogP) is 5.18. The summed E-state index contributed by atoms with van der Waals surface area (Å²) in [6.07, 6.45) is 4.17. The van der Waals surface area contributed by atoms with Gasteiger partial charge in [-0.1, -0.05) is 29.8 Å². The van der Waals surface area contributed by atoms with Crippen molar-refractivity contribution in [3.63, 3.8) is 0 Å². The summed E-state index contributed by atoms with van der Waals surface area (Å²) in [7, 11) is 1.70. The van der Waals surface area contributed by atoms with Gasteiger partial charge in [0.1, 0.15) is 11.6 Å². The Balaban J connectivity index is 1.80. The number of aromatic nitrogens is 2. The van der Waals surface area contributed by atoms with Crippen molar-refractivity contribution in [2.24, 2.45) is 0 Å². The molecule has 1 aromatic heterocycles. The second-order valence-corrected chi connectivity index (χ2v) is 7.39. The number of fused-ring (bicyclic) bond motifs is 1. The smallest absolute Gasteiger partial charge is 0.133 e. The molecule has 0 aliphatic carbocycles. The summed E-state index contributed by atoms with van der Waals surface area (Å²) in [5.74, 6) is 1.98. The first-order valence-corrected chi connectivity index (χ1v) is 9.78. The van der Waals surface area contributed by atoms with Crippen LogP contribution in [0.25, 0.3) is 5.69 Å². The summed E-state index contributed by atoms with van der Waals surface area (Å²) in [5.41, 5.74) is 5.71. The van der Waals surface area contributed by atoms with Crippen molar-refractivity contribution < 1.29 is 4.74 Å². The van der Waals surface area contributed by atoms with Crippen LogP contribution < -0.4 is 10.1 Å². The van der Waals surface area contributed by atoms with E-state index in [9.17, 15) is 0 Å². The number of anilines is 1. The molecule has 1 aliphatic heterocycles. The fourth-order valence-corrected chi connectivity index (χ4v) is 3.86. The third kappa shape index (κ3) is 3.54. The van der Waals surface area contributed by atoms with Crippen LogP contribution in [0.15, 0.2) is 42.5 Å². The van der Waals surface area contributed by atoms with Crippen molar-refractivity contribution in [2.75, 3.05) is 19.0 Å². The monoisotopic (exact) mass is 381 g/mol. The summed E-state index contributed by atoms with van der Waals surface area (Å²) in [5, 5.41) is 9.38. The molecule has 1 aliphatic rings. The third-order valence-corrected chi connectivity index (χ3v) is 5.60. The minimum Gasteiger partial charge on any atom is -0.497 e. The minimum absolute atomic E-state index is 0.764. The van der Waals surface area contributed by atoms with E-state index in [0.29, 0.717) is 0 Å². The maximum atomic E-state index is 6.37. The number of ether oxygens (including phenoxy) is 1. The number of nitrogens with one attached hydrogen (secondary N) is 1. The van der Waals surface area contributed by atoms with Crippen LogP contribution in [0.3, 0.4) is 0 Å². The molecule has 0 atom stereocenters. The van der Waals surface area contributed by atoms with Crippen LogP contribution in [0.1, 0.15) is 35.2 Å². The third-order valence-electron chi connectivity index (χ3n) is 5.19. The molecule has 0 unspecified atom stereocenters. The summed E-state index contributed by atoms with van der Waals surface area (Å²) < 4.78 is 7.42. The normalized spacial score (nSPS) is 13.6. The SMILES string of the molecule is COc1cccc(Cc2nn(-c3cccc(Cl)c3C)c3c2CCCCN3)c1. The number of hydrogen-bond donors (Lipinski definition) is 1. The van der Waals surface area contributed by atoms with Crippen molar-refractivity contribution in [3.05, 3.63) is 69.9 Å². The average Bonchev–Trinajstić information content (AvgIpc) is 2.85. The summed E-state index contributed by atoms with van der Waals surface area (Å²) >= 11 is 6.37. The molecule has 4 nitrogen and oxygen atoms in total. The number of hydrogen-bond acceptors (Lipinski definition) is 3. The first kappa shape index (κ1) is 17.9. The Hall–Kier alpha value is -2.46. The first-order valence-electron chi connectivity index (χ1n) is 9.40. The van der Waals surface area contributed by atoms with Crippen LogP contribution in [0.2, 0.25) is 5.02 Å². The molecule has 4 rings (SSSR count). The molecule has 3 aromatic rings. The molecule has 0 amide bonds. The summed E-state index contributed by atoms with van der Waals surface area (Å²) in [6, 6.07) is 14.2. The fourth-order valence-electron chi connectivity index (χ4n) is 3.69. The lowest BCUT2D eigenvalue weighted by atomic mass is 10.0. The molecule has 2 aromatic carbocycles. The van der Waals surface area contributed by atoms with Crippen LogP contribution in [0, 0.1) is 6.92 Å². The lowest BCUT2D eigenvalue weighted by molar-refractivity contribution is 0.414. The molecule has 0 saturated carbocycles. The molecule has 140 valence electrons. The van der Waals surface area contributed by atoms with E-state index in [4.69, 9.17) is 21.4 Å². The lowest BCUT2D eigenvalue weighted by Gasteiger charge is -2.12. The Bertz CT molecular complexity index is 964. The van der Waals surface area contributed by atoms with E-state index in [2.05, 4.69) is 23.5 Å². The quantitative estimate of drug-likeness (QED) is 0.676. The maximum Gasteiger partial charge on any atom is 0.133 e. The predicted molar refractivity (Wildman–Crippen MR) is 111 cm³/mol. The molecule has 0 spiro atoms. The molecule has 0 fully saturated rings. The Morgan fingerprint density at radius 2 is 2.04 bits per heavy atom. The van der Waals surface area contributed by atoms with E-state index in [0.717, 1.165) is 52.9 Å². The van der Waals surface area contributed by atoms with Crippen LogP contribution >= 0.6 is 11.6 Å². The Morgan fingerprint density at radius 1 is 1.19 bits per heavy atom. The van der Waals surface area contributed by atoms with E-state index < -0.39 is 0 Å².